The maximum atomic E-state index is 12.2. The lowest BCUT2D eigenvalue weighted by molar-refractivity contribution is 0.0946. The summed E-state index contributed by atoms with van der Waals surface area (Å²) in [5.41, 5.74) is 3.44. The van der Waals surface area contributed by atoms with Crippen molar-refractivity contribution in [3.63, 3.8) is 0 Å². The number of carbonyl (C=O) groups excluding carboxylic acids is 1. The molecular weight excluding hydrogens is 286 g/mol. The smallest absolute Gasteiger partial charge is 0.269 e. The molecule has 3 rings (SSSR count). The zero-order valence-electron chi connectivity index (χ0n) is 13.0. The number of rotatable bonds is 5. The second-order valence-electron chi connectivity index (χ2n) is 5.55. The Morgan fingerprint density at radius 2 is 1.74 bits per heavy atom. The number of nitrogens with zero attached hydrogens (tertiary/aromatic N) is 1. The molecule has 0 aliphatic carbocycles. The topological polar surface area (TPSA) is 57.8 Å². The van der Waals surface area contributed by atoms with Crippen LogP contribution in [0.25, 0.3) is 11.3 Å². The summed E-state index contributed by atoms with van der Waals surface area (Å²) >= 11 is 0. The van der Waals surface area contributed by atoms with Gasteiger partial charge in [-0.2, -0.15) is 5.10 Å². The van der Waals surface area contributed by atoms with Crippen LogP contribution >= 0.6 is 0 Å². The van der Waals surface area contributed by atoms with Gasteiger partial charge in [0.2, 0.25) is 0 Å². The molecular formula is C19H19N3O. The number of H-pyrrole nitrogens is 1. The second-order valence-corrected chi connectivity index (χ2v) is 5.55. The van der Waals surface area contributed by atoms with E-state index in [2.05, 4.69) is 34.6 Å². The van der Waals surface area contributed by atoms with E-state index < -0.39 is 0 Å². The average Bonchev–Trinajstić information content (AvgIpc) is 3.11. The quantitative estimate of drug-likeness (QED) is 0.756. The number of benzene rings is 2. The SMILES string of the molecule is C[C@@H](CNC(=O)c1cc(-c2ccccc2)n[nH]1)c1ccccc1. The Morgan fingerprint density at radius 1 is 1.09 bits per heavy atom. The Morgan fingerprint density at radius 3 is 2.43 bits per heavy atom. The third-order valence-corrected chi connectivity index (χ3v) is 3.83. The summed E-state index contributed by atoms with van der Waals surface area (Å²) < 4.78 is 0. The molecule has 0 aliphatic rings. The highest BCUT2D eigenvalue weighted by Crippen LogP contribution is 2.17. The molecule has 1 aromatic heterocycles. The predicted molar refractivity (Wildman–Crippen MR) is 91.2 cm³/mol. The number of nitrogens with one attached hydrogen (secondary N) is 2. The van der Waals surface area contributed by atoms with Gasteiger partial charge in [-0.25, -0.2) is 0 Å². The van der Waals surface area contributed by atoms with Gasteiger partial charge in [-0.15, -0.1) is 0 Å². The fourth-order valence-corrected chi connectivity index (χ4v) is 2.44. The van der Waals surface area contributed by atoms with E-state index in [9.17, 15) is 4.79 Å². The van der Waals surface area contributed by atoms with Gasteiger partial charge in [-0.1, -0.05) is 67.6 Å². The molecule has 2 aromatic carbocycles. The maximum absolute atomic E-state index is 12.2. The van der Waals surface area contributed by atoms with Gasteiger partial charge < -0.3 is 5.32 Å². The van der Waals surface area contributed by atoms with Gasteiger partial charge in [0.15, 0.2) is 0 Å². The molecule has 1 amide bonds. The largest absolute Gasteiger partial charge is 0.350 e. The van der Waals surface area contributed by atoms with E-state index in [0.717, 1.165) is 11.3 Å². The number of hydrogen-bond acceptors (Lipinski definition) is 2. The van der Waals surface area contributed by atoms with E-state index in [0.29, 0.717) is 12.2 Å². The molecule has 4 nitrogen and oxygen atoms in total. The van der Waals surface area contributed by atoms with Crippen LogP contribution in [-0.2, 0) is 0 Å². The van der Waals surface area contributed by atoms with Crippen LogP contribution in [0.5, 0.6) is 0 Å². The minimum atomic E-state index is -0.137. The molecule has 4 heteroatoms. The first kappa shape index (κ1) is 15.0. The number of aromatic nitrogens is 2. The van der Waals surface area contributed by atoms with Crippen LogP contribution in [0.3, 0.4) is 0 Å². The Hall–Kier alpha value is -2.88. The second kappa shape index (κ2) is 6.92. The summed E-state index contributed by atoms with van der Waals surface area (Å²) in [4.78, 5) is 12.2. The van der Waals surface area contributed by atoms with Crippen molar-refractivity contribution in [2.24, 2.45) is 0 Å². The number of aromatic amines is 1. The molecule has 23 heavy (non-hydrogen) atoms. The molecule has 2 N–H and O–H groups in total. The molecule has 1 heterocycles. The number of amides is 1. The molecule has 1 atom stereocenters. The van der Waals surface area contributed by atoms with Crippen molar-refractivity contribution in [1.82, 2.24) is 15.5 Å². The normalized spacial score (nSPS) is 11.9. The van der Waals surface area contributed by atoms with Gasteiger partial charge >= 0.3 is 0 Å². The minimum Gasteiger partial charge on any atom is -0.350 e. The first-order valence-electron chi connectivity index (χ1n) is 7.68. The molecule has 0 spiro atoms. The summed E-state index contributed by atoms with van der Waals surface area (Å²) in [6.45, 7) is 2.68. The Bertz CT molecular complexity index is 766. The van der Waals surface area contributed by atoms with Crippen molar-refractivity contribution >= 4 is 5.91 Å². The van der Waals surface area contributed by atoms with Crippen LogP contribution in [-0.4, -0.2) is 22.6 Å². The lowest BCUT2D eigenvalue weighted by Gasteiger charge is -2.12. The minimum absolute atomic E-state index is 0.137. The third-order valence-electron chi connectivity index (χ3n) is 3.83. The van der Waals surface area contributed by atoms with E-state index in [-0.39, 0.29) is 11.8 Å². The Kier molecular flexibility index (Phi) is 4.52. The number of hydrogen-bond donors (Lipinski definition) is 2. The summed E-state index contributed by atoms with van der Waals surface area (Å²) in [5, 5.41) is 9.96. The molecule has 0 fully saturated rings. The summed E-state index contributed by atoms with van der Waals surface area (Å²) in [6.07, 6.45) is 0. The Balaban J connectivity index is 1.62. The van der Waals surface area contributed by atoms with Gasteiger partial charge in [-0.05, 0) is 17.5 Å². The molecule has 0 radical (unpaired) electrons. The zero-order chi connectivity index (χ0) is 16.1. The van der Waals surface area contributed by atoms with Crippen LogP contribution in [0.15, 0.2) is 66.7 Å². The molecule has 0 saturated carbocycles. The van der Waals surface area contributed by atoms with E-state index >= 15 is 0 Å². The maximum Gasteiger partial charge on any atom is 0.269 e. The van der Waals surface area contributed by atoms with Gasteiger partial charge in [0.05, 0.1) is 5.69 Å². The highest BCUT2D eigenvalue weighted by molar-refractivity contribution is 5.93. The summed E-state index contributed by atoms with van der Waals surface area (Å²) in [7, 11) is 0. The standard InChI is InChI=1S/C19H19N3O/c1-14(15-8-4-2-5-9-15)13-20-19(23)18-12-17(21-22-18)16-10-6-3-7-11-16/h2-12,14H,13H2,1H3,(H,20,23)(H,21,22)/t14-/m0/s1. The van der Waals surface area contributed by atoms with Crippen LogP contribution in [0.1, 0.15) is 28.9 Å². The van der Waals surface area contributed by atoms with Crippen molar-refractivity contribution in [1.29, 1.82) is 0 Å². The highest BCUT2D eigenvalue weighted by Gasteiger charge is 2.12. The highest BCUT2D eigenvalue weighted by atomic mass is 16.1. The molecule has 116 valence electrons. The zero-order valence-corrected chi connectivity index (χ0v) is 13.0. The first-order valence-corrected chi connectivity index (χ1v) is 7.68. The molecule has 0 bridgehead atoms. The van der Waals surface area contributed by atoms with Gasteiger partial charge in [-0.3, -0.25) is 9.89 Å². The lowest BCUT2D eigenvalue weighted by Crippen LogP contribution is -2.27. The van der Waals surface area contributed by atoms with Crippen molar-refractivity contribution < 1.29 is 4.79 Å². The van der Waals surface area contributed by atoms with Crippen LogP contribution in [0, 0.1) is 0 Å². The van der Waals surface area contributed by atoms with Crippen molar-refractivity contribution in [2.45, 2.75) is 12.8 Å². The van der Waals surface area contributed by atoms with E-state index in [1.807, 2.05) is 48.5 Å². The molecule has 0 aliphatic heterocycles. The third kappa shape index (κ3) is 3.66. The fourth-order valence-electron chi connectivity index (χ4n) is 2.44. The molecule has 0 saturated heterocycles. The predicted octanol–water partition coefficient (Wildman–Crippen LogP) is 3.61. The van der Waals surface area contributed by atoms with Crippen molar-refractivity contribution in [3.05, 3.63) is 78.0 Å². The Labute approximate surface area is 135 Å². The molecule has 3 aromatic rings. The van der Waals surface area contributed by atoms with Crippen LogP contribution in [0.4, 0.5) is 0 Å². The first-order chi connectivity index (χ1) is 11.2. The van der Waals surface area contributed by atoms with E-state index in [1.165, 1.54) is 5.56 Å². The van der Waals surface area contributed by atoms with Crippen LogP contribution in [0.2, 0.25) is 0 Å². The van der Waals surface area contributed by atoms with Crippen LogP contribution < -0.4 is 5.32 Å². The van der Waals surface area contributed by atoms with Gasteiger partial charge in [0.1, 0.15) is 5.69 Å². The number of carbonyl (C=O) groups is 1. The molecule has 0 unspecified atom stereocenters. The van der Waals surface area contributed by atoms with Gasteiger partial charge in [0.25, 0.3) is 5.91 Å². The van der Waals surface area contributed by atoms with Crippen molar-refractivity contribution in [3.8, 4) is 11.3 Å². The summed E-state index contributed by atoms with van der Waals surface area (Å²) in [5.74, 6) is 0.124. The van der Waals surface area contributed by atoms with E-state index in [4.69, 9.17) is 0 Å². The average molecular weight is 305 g/mol. The van der Waals surface area contributed by atoms with Gasteiger partial charge in [0, 0.05) is 12.1 Å². The van der Waals surface area contributed by atoms with Crippen molar-refractivity contribution in [2.75, 3.05) is 6.54 Å². The lowest BCUT2D eigenvalue weighted by atomic mass is 10.0. The summed E-state index contributed by atoms with van der Waals surface area (Å²) in [6, 6.07) is 21.7. The monoisotopic (exact) mass is 305 g/mol. The van der Waals surface area contributed by atoms with E-state index in [1.54, 1.807) is 6.07 Å². The fraction of sp³-hybridized carbons (Fsp3) is 0.158.